The summed E-state index contributed by atoms with van der Waals surface area (Å²) in [5.41, 5.74) is 2.91. The number of hydrogen-bond donors (Lipinski definition) is 2. The number of aryl methyl sites for hydroxylation is 1. The van der Waals surface area contributed by atoms with Crippen LogP contribution in [-0.2, 0) is 22.4 Å². The quantitative estimate of drug-likeness (QED) is 0.123. The molecule has 3 aliphatic heterocycles. The SMILES string of the molecule is CC.CC.CCc1cccc(-c2cc(F)c(C(=O)N3CCC(CN4CCN(CC)CC4)CC3)c(NC(=O)OC(C)(C)C)c2)c1.O=CN1CCN(C(=O)c2cc(Cc3n[nH]c(=O)c4ccccc34)ccc2F)CC1. The minimum Gasteiger partial charge on any atom is -0.444 e. The van der Waals surface area contributed by atoms with E-state index >= 15 is 4.39 Å². The van der Waals surface area contributed by atoms with E-state index in [4.69, 9.17) is 4.74 Å². The number of likely N-dealkylation sites (N-methyl/N-ethyl adjacent to an activating group) is 1. The van der Waals surface area contributed by atoms with Crippen LogP contribution in [0.15, 0.2) is 83.7 Å². The Bertz CT molecular complexity index is 2680. The summed E-state index contributed by atoms with van der Waals surface area (Å²) in [7, 11) is 0. The van der Waals surface area contributed by atoms with E-state index in [1.54, 1.807) is 59.7 Å². The summed E-state index contributed by atoms with van der Waals surface area (Å²) in [4.78, 5) is 71.9. The number of fused-ring (bicyclic) bond motifs is 1. The standard InChI is InChI=1S/C32H45FN4O3.C21H19FN4O3.2C2H6/c1-6-23-9-8-10-25(19-23)26-20-27(33)29(28(21-26)34-31(39)40-32(3,4)5)30(38)37-13-11-24(12-14-37)22-36-17-15-35(7-2)16-18-36;22-18-6-5-14(11-17(18)21(29)26-9-7-25(13-27)8-10-26)12-19-15-3-1-2-4-16(15)20(28)24-23-19;2*1-2/h8-10,19-21,24H,6-7,11-18,22H2,1-5H3,(H,34,39);1-6,11,13H,7-10,12H2,(H,24,28);2*1-2H3. The Kier molecular flexibility index (Phi) is 21.6. The van der Waals surface area contributed by atoms with Crippen LogP contribution in [0.1, 0.15) is 113 Å². The normalized spacial score (nSPS) is 15.5. The number of anilines is 1. The van der Waals surface area contributed by atoms with Crippen LogP contribution in [0.2, 0.25) is 0 Å². The molecule has 4 heterocycles. The third kappa shape index (κ3) is 15.7. The number of likely N-dealkylation sites (tertiary alicyclic amines) is 1. The maximum atomic E-state index is 15.8. The molecule has 4 aromatic carbocycles. The summed E-state index contributed by atoms with van der Waals surface area (Å²) in [6, 6.07) is 22.5. The zero-order chi connectivity index (χ0) is 53.2. The highest BCUT2D eigenvalue weighted by molar-refractivity contribution is 6.04. The van der Waals surface area contributed by atoms with Crippen LogP contribution in [0.25, 0.3) is 21.9 Å². The number of ether oxygens (including phenoxy) is 1. The molecule has 0 radical (unpaired) electrons. The second-order valence-corrected chi connectivity index (χ2v) is 19.0. The predicted octanol–water partition coefficient (Wildman–Crippen LogP) is 9.51. The summed E-state index contributed by atoms with van der Waals surface area (Å²) in [6.45, 7) is 26.9. The summed E-state index contributed by atoms with van der Waals surface area (Å²) < 4.78 is 35.6. The summed E-state index contributed by atoms with van der Waals surface area (Å²) in [5.74, 6) is -1.50. The highest BCUT2D eigenvalue weighted by atomic mass is 19.1. The van der Waals surface area contributed by atoms with Crippen LogP contribution in [-0.4, -0.2) is 143 Å². The van der Waals surface area contributed by atoms with Crippen molar-refractivity contribution in [2.45, 2.75) is 93.6 Å². The molecule has 0 spiro atoms. The Balaban J connectivity index is 0.000000264. The molecule has 73 heavy (non-hydrogen) atoms. The Morgan fingerprint density at radius 2 is 1.37 bits per heavy atom. The van der Waals surface area contributed by atoms with E-state index < -0.39 is 35.1 Å². The number of H-pyrrole nitrogens is 1. The van der Waals surface area contributed by atoms with Gasteiger partial charge in [-0.3, -0.25) is 24.5 Å². The molecule has 5 aromatic rings. The second-order valence-electron chi connectivity index (χ2n) is 19.0. The van der Waals surface area contributed by atoms with E-state index in [-0.39, 0.29) is 22.4 Å². The molecule has 3 fully saturated rings. The van der Waals surface area contributed by atoms with Gasteiger partial charge in [0, 0.05) is 83.8 Å². The number of carbonyl (C=O) groups is 4. The lowest BCUT2D eigenvalue weighted by molar-refractivity contribution is -0.119. The van der Waals surface area contributed by atoms with E-state index in [2.05, 4.69) is 39.2 Å². The van der Waals surface area contributed by atoms with Crippen LogP contribution < -0.4 is 10.9 Å². The van der Waals surface area contributed by atoms with Crippen molar-refractivity contribution in [3.8, 4) is 11.1 Å². The van der Waals surface area contributed by atoms with Gasteiger partial charge in [0.1, 0.15) is 17.2 Å². The van der Waals surface area contributed by atoms with Crippen LogP contribution >= 0.6 is 0 Å². The van der Waals surface area contributed by atoms with Gasteiger partial charge < -0.3 is 29.2 Å². The first-order valence-corrected chi connectivity index (χ1v) is 26.0. The van der Waals surface area contributed by atoms with Gasteiger partial charge in [-0.15, -0.1) is 0 Å². The fourth-order valence-electron chi connectivity index (χ4n) is 9.15. The van der Waals surface area contributed by atoms with Crippen molar-refractivity contribution in [1.29, 1.82) is 0 Å². The molecule has 0 atom stereocenters. The Labute approximate surface area is 430 Å². The molecule has 394 valence electrons. The number of aromatic amines is 1. The van der Waals surface area contributed by atoms with E-state index in [9.17, 15) is 28.4 Å². The van der Waals surface area contributed by atoms with Gasteiger partial charge in [-0.1, -0.05) is 90.1 Å². The Hall–Kier alpha value is -6.52. The molecule has 3 aliphatic rings. The summed E-state index contributed by atoms with van der Waals surface area (Å²) >= 11 is 0. The smallest absolute Gasteiger partial charge is 0.412 e. The van der Waals surface area contributed by atoms with Crippen LogP contribution in [0.4, 0.5) is 19.3 Å². The van der Waals surface area contributed by atoms with Crippen molar-refractivity contribution in [3.63, 3.8) is 0 Å². The molecule has 0 unspecified atom stereocenters. The third-order valence-corrected chi connectivity index (χ3v) is 13.1. The summed E-state index contributed by atoms with van der Waals surface area (Å²) in [5, 5.41) is 10.6. The van der Waals surface area contributed by atoms with Gasteiger partial charge in [0.15, 0.2) is 0 Å². The van der Waals surface area contributed by atoms with Crippen molar-refractivity contribution >= 4 is 40.8 Å². The van der Waals surface area contributed by atoms with Gasteiger partial charge in [0.05, 0.1) is 27.9 Å². The minimum absolute atomic E-state index is 0.00390. The molecule has 16 heteroatoms. The lowest BCUT2D eigenvalue weighted by atomic mass is 9.94. The number of carbonyl (C=O) groups excluding carboxylic acids is 4. The van der Waals surface area contributed by atoms with Gasteiger partial charge in [-0.2, -0.15) is 5.10 Å². The molecule has 8 rings (SSSR count). The lowest BCUT2D eigenvalue weighted by Gasteiger charge is -2.38. The monoisotopic (exact) mass is 1010 g/mol. The Morgan fingerprint density at radius 1 is 0.726 bits per heavy atom. The first-order chi connectivity index (χ1) is 35.1. The Morgan fingerprint density at radius 3 is 2.00 bits per heavy atom. The highest BCUT2D eigenvalue weighted by Gasteiger charge is 2.31. The van der Waals surface area contributed by atoms with E-state index in [1.807, 2.05) is 64.1 Å². The van der Waals surface area contributed by atoms with E-state index in [0.717, 1.165) is 81.5 Å². The number of halogens is 2. The van der Waals surface area contributed by atoms with Gasteiger partial charge in [-0.25, -0.2) is 18.7 Å². The van der Waals surface area contributed by atoms with Crippen LogP contribution in [0, 0.1) is 17.6 Å². The fraction of sp³-hybridized carbons (Fsp3) is 0.474. The molecule has 3 saturated heterocycles. The van der Waals surface area contributed by atoms with Crippen molar-refractivity contribution in [1.82, 2.24) is 34.7 Å². The molecule has 0 bridgehead atoms. The number of benzene rings is 4. The first kappa shape index (κ1) is 57.4. The number of amides is 4. The van der Waals surface area contributed by atoms with Gasteiger partial charge in [0.2, 0.25) is 6.41 Å². The largest absolute Gasteiger partial charge is 0.444 e. The van der Waals surface area contributed by atoms with Gasteiger partial charge in [0.25, 0.3) is 17.4 Å². The van der Waals surface area contributed by atoms with Gasteiger partial charge >= 0.3 is 6.09 Å². The number of nitrogens with one attached hydrogen (secondary N) is 2. The average molecular weight is 1010 g/mol. The summed E-state index contributed by atoms with van der Waals surface area (Å²) in [6.07, 6.45) is 3.00. The molecule has 2 N–H and O–H groups in total. The molecule has 0 aliphatic carbocycles. The molecule has 14 nitrogen and oxygen atoms in total. The molecule has 0 saturated carbocycles. The zero-order valence-electron chi connectivity index (χ0n) is 44.4. The molecule has 1 aromatic heterocycles. The highest BCUT2D eigenvalue weighted by Crippen LogP contribution is 2.32. The zero-order valence-corrected chi connectivity index (χ0v) is 44.4. The second kappa shape index (κ2) is 27.5. The fourth-order valence-corrected chi connectivity index (χ4v) is 9.15. The van der Waals surface area contributed by atoms with Crippen molar-refractivity contribution in [2.24, 2.45) is 5.92 Å². The van der Waals surface area contributed by atoms with Crippen molar-refractivity contribution in [3.05, 3.63) is 129 Å². The number of aromatic nitrogens is 2. The minimum atomic E-state index is -0.731. The number of rotatable bonds is 11. The number of piperazine rings is 2. The maximum Gasteiger partial charge on any atom is 0.412 e. The van der Waals surface area contributed by atoms with Crippen LogP contribution in [0.5, 0.6) is 0 Å². The van der Waals surface area contributed by atoms with Crippen molar-refractivity contribution in [2.75, 3.05) is 83.9 Å². The molecular formula is C57H76F2N8O6. The van der Waals surface area contributed by atoms with Crippen LogP contribution in [0.3, 0.4) is 0 Å². The average Bonchev–Trinajstić information content (AvgIpc) is 3.41. The van der Waals surface area contributed by atoms with E-state index in [0.29, 0.717) is 73.8 Å². The number of hydrogen-bond acceptors (Lipinski definition) is 9. The molecule has 4 amide bonds. The van der Waals surface area contributed by atoms with Gasteiger partial charge in [-0.05, 0) is 105 Å². The third-order valence-electron chi connectivity index (χ3n) is 13.1. The maximum absolute atomic E-state index is 15.8. The number of nitrogens with zero attached hydrogens (tertiary/aromatic N) is 6. The first-order valence-electron chi connectivity index (χ1n) is 26.0. The molecular weight excluding hydrogens is 931 g/mol. The number of piperidine rings is 1. The predicted molar refractivity (Wildman–Crippen MR) is 286 cm³/mol. The topological polar surface area (TPSA) is 151 Å². The van der Waals surface area contributed by atoms with Crippen molar-refractivity contribution < 1.29 is 32.7 Å². The lowest BCUT2D eigenvalue weighted by Crippen LogP contribution is -2.49. The van der Waals surface area contributed by atoms with E-state index in [1.165, 1.54) is 18.2 Å².